The van der Waals surface area contributed by atoms with Crippen molar-refractivity contribution in [2.45, 2.75) is 25.8 Å². The van der Waals surface area contributed by atoms with Crippen molar-refractivity contribution in [1.29, 1.82) is 0 Å². The molecule has 0 fully saturated rings. The van der Waals surface area contributed by atoms with E-state index in [2.05, 4.69) is 5.32 Å². The number of carboxylic acid groups (broad SMARTS) is 1. The van der Waals surface area contributed by atoms with Gasteiger partial charge in [0.05, 0.1) is 7.11 Å². The molecule has 0 aliphatic carbocycles. The van der Waals surface area contributed by atoms with Gasteiger partial charge in [-0.15, -0.1) is 0 Å². The zero-order valence-corrected chi connectivity index (χ0v) is 11.1. The summed E-state index contributed by atoms with van der Waals surface area (Å²) < 4.78 is 4.96. The summed E-state index contributed by atoms with van der Waals surface area (Å²) in [5, 5.41) is 21.1. The Balaban J connectivity index is 3.03. The number of phenols is 1. The quantitative estimate of drug-likeness (QED) is 0.737. The van der Waals surface area contributed by atoms with Gasteiger partial charge in [-0.05, 0) is 24.6 Å². The number of aromatic hydroxyl groups is 1. The number of aliphatic carboxylic acids is 1. The normalized spacial score (nSPS) is 13.4. The number of methoxy groups -OCH3 is 1. The number of carbonyl (C=O) groups is 2. The summed E-state index contributed by atoms with van der Waals surface area (Å²) in [6, 6.07) is 4.55. The summed E-state index contributed by atoms with van der Waals surface area (Å²) in [5.41, 5.74) is -0.776. The lowest BCUT2D eigenvalue weighted by Crippen LogP contribution is -2.53. The van der Waals surface area contributed by atoms with Gasteiger partial charge in [0.2, 0.25) is 5.91 Å². The van der Waals surface area contributed by atoms with Gasteiger partial charge in [-0.25, -0.2) is 4.79 Å². The van der Waals surface area contributed by atoms with Crippen LogP contribution in [0.5, 0.6) is 11.5 Å². The molecule has 0 aliphatic heterocycles. The van der Waals surface area contributed by atoms with Crippen LogP contribution in [0.1, 0.15) is 19.4 Å². The number of hydrogen-bond donors (Lipinski definition) is 3. The van der Waals surface area contributed by atoms with E-state index in [1.807, 2.05) is 0 Å². The molecule has 1 atom stereocenters. The third kappa shape index (κ3) is 3.61. The van der Waals surface area contributed by atoms with Crippen molar-refractivity contribution < 1.29 is 24.5 Å². The predicted molar refractivity (Wildman–Crippen MR) is 68.2 cm³/mol. The second-order valence-electron chi connectivity index (χ2n) is 4.50. The minimum atomic E-state index is -1.41. The fourth-order valence-corrected chi connectivity index (χ4v) is 1.80. The Hall–Kier alpha value is -2.24. The van der Waals surface area contributed by atoms with Crippen LogP contribution in [-0.4, -0.2) is 34.7 Å². The summed E-state index contributed by atoms with van der Waals surface area (Å²) in [6.07, 6.45) is 0.0819. The Labute approximate surface area is 111 Å². The van der Waals surface area contributed by atoms with E-state index in [-0.39, 0.29) is 17.9 Å². The number of amides is 1. The number of nitrogens with one attached hydrogen (secondary N) is 1. The van der Waals surface area contributed by atoms with Crippen molar-refractivity contribution in [3.63, 3.8) is 0 Å². The van der Waals surface area contributed by atoms with Crippen molar-refractivity contribution in [3.8, 4) is 11.5 Å². The van der Waals surface area contributed by atoms with Crippen LogP contribution in [0.25, 0.3) is 0 Å². The van der Waals surface area contributed by atoms with E-state index in [0.717, 1.165) is 0 Å². The third-order valence-electron chi connectivity index (χ3n) is 2.73. The number of benzene rings is 1. The van der Waals surface area contributed by atoms with E-state index in [0.29, 0.717) is 5.56 Å². The Bertz CT molecular complexity index is 500. The number of rotatable bonds is 5. The summed E-state index contributed by atoms with van der Waals surface area (Å²) in [6.45, 7) is 2.69. The van der Waals surface area contributed by atoms with Gasteiger partial charge in [0.15, 0.2) is 11.5 Å². The van der Waals surface area contributed by atoms with Crippen molar-refractivity contribution in [3.05, 3.63) is 23.8 Å². The van der Waals surface area contributed by atoms with E-state index in [4.69, 9.17) is 4.74 Å². The zero-order chi connectivity index (χ0) is 14.6. The zero-order valence-electron chi connectivity index (χ0n) is 11.1. The molecule has 0 saturated carbocycles. The summed E-state index contributed by atoms with van der Waals surface area (Å²) in [7, 11) is 1.41. The highest BCUT2D eigenvalue weighted by molar-refractivity contribution is 5.85. The molecule has 0 heterocycles. The number of ether oxygens (including phenoxy) is 1. The lowest BCUT2D eigenvalue weighted by Gasteiger charge is -2.25. The number of carboxylic acids is 1. The minimum absolute atomic E-state index is 0.0252. The van der Waals surface area contributed by atoms with Crippen LogP contribution >= 0.6 is 0 Å². The SMILES string of the molecule is COc1cc(C[C@@](C)(NC(C)=O)C(=O)O)ccc1O. The van der Waals surface area contributed by atoms with Gasteiger partial charge < -0.3 is 20.3 Å². The van der Waals surface area contributed by atoms with Gasteiger partial charge in [0.25, 0.3) is 0 Å². The first-order chi connectivity index (χ1) is 8.78. The van der Waals surface area contributed by atoms with Crippen LogP contribution < -0.4 is 10.1 Å². The molecule has 0 aliphatic rings. The molecule has 0 aromatic heterocycles. The lowest BCUT2D eigenvalue weighted by atomic mass is 9.92. The van der Waals surface area contributed by atoms with E-state index >= 15 is 0 Å². The largest absolute Gasteiger partial charge is 0.504 e. The standard InChI is InChI=1S/C13H17NO5/c1-8(15)14-13(2,12(17)18)7-9-4-5-10(16)11(6-9)19-3/h4-6,16H,7H2,1-3H3,(H,14,15)(H,17,18)/t13-/m1/s1. The van der Waals surface area contributed by atoms with Crippen LogP contribution in [0.15, 0.2) is 18.2 Å². The molecule has 0 bridgehead atoms. The molecule has 104 valence electrons. The second kappa shape index (κ2) is 5.60. The van der Waals surface area contributed by atoms with Crippen molar-refractivity contribution >= 4 is 11.9 Å². The average Bonchev–Trinajstić information content (AvgIpc) is 2.30. The van der Waals surface area contributed by atoms with Crippen LogP contribution in [0, 0.1) is 0 Å². The monoisotopic (exact) mass is 267 g/mol. The molecule has 19 heavy (non-hydrogen) atoms. The highest BCUT2D eigenvalue weighted by Crippen LogP contribution is 2.28. The molecule has 1 rings (SSSR count). The fourth-order valence-electron chi connectivity index (χ4n) is 1.80. The number of hydrogen-bond acceptors (Lipinski definition) is 4. The van der Waals surface area contributed by atoms with Crippen molar-refractivity contribution in [2.24, 2.45) is 0 Å². The maximum absolute atomic E-state index is 11.3. The molecule has 0 radical (unpaired) electrons. The molecular formula is C13H17NO5. The highest BCUT2D eigenvalue weighted by atomic mass is 16.5. The molecule has 0 saturated heterocycles. The predicted octanol–water partition coefficient (Wildman–Crippen LogP) is 0.923. The van der Waals surface area contributed by atoms with Gasteiger partial charge in [-0.2, -0.15) is 0 Å². The van der Waals surface area contributed by atoms with Crippen molar-refractivity contribution in [2.75, 3.05) is 7.11 Å². The first-order valence-electron chi connectivity index (χ1n) is 5.66. The first kappa shape index (κ1) is 14.8. The summed E-state index contributed by atoms with van der Waals surface area (Å²) >= 11 is 0. The van der Waals surface area contributed by atoms with Crippen LogP contribution in [0.3, 0.4) is 0 Å². The number of phenolic OH excluding ortho intramolecular Hbond substituents is 1. The average molecular weight is 267 g/mol. The van der Waals surface area contributed by atoms with Gasteiger partial charge in [0, 0.05) is 13.3 Å². The van der Waals surface area contributed by atoms with Crippen LogP contribution in [-0.2, 0) is 16.0 Å². The maximum Gasteiger partial charge on any atom is 0.329 e. The molecule has 0 unspecified atom stereocenters. The molecule has 1 amide bonds. The van der Waals surface area contributed by atoms with E-state index in [1.54, 1.807) is 12.1 Å². The Morgan fingerprint density at radius 3 is 2.53 bits per heavy atom. The van der Waals surface area contributed by atoms with E-state index in [9.17, 15) is 19.8 Å². The Morgan fingerprint density at radius 2 is 2.05 bits per heavy atom. The van der Waals surface area contributed by atoms with Crippen LogP contribution in [0.2, 0.25) is 0 Å². The molecular weight excluding hydrogens is 250 g/mol. The summed E-state index contributed by atoms with van der Waals surface area (Å²) in [4.78, 5) is 22.4. The topological polar surface area (TPSA) is 95.9 Å². The van der Waals surface area contributed by atoms with Gasteiger partial charge in [0.1, 0.15) is 5.54 Å². The Morgan fingerprint density at radius 1 is 1.42 bits per heavy atom. The van der Waals surface area contributed by atoms with Gasteiger partial charge >= 0.3 is 5.97 Å². The summed E-state index contributed by atoms with van der Waals surface area (Å²) in [5.74, 6) is -1.32. The molecule has 6 nitrogen and oxygen atoms in total. The van der Waals surface area contributed by atoms with Gasteiger partial charge in [-0.3, -0.25) is 4.79 Å². The van der Waals surface area contributed by atoms with Crippen molar-refractivity contribution in [1.82, 2.24) is 5.32 Å². The molecule has 6 heteroatoms. The first-order valence-corrected chi connectivity index (χ1v) is 5.66. The molecule has 0 spiro atoms. The molecule has 1 aromatic carbocycles. The molecule has 1 aromatic rings. The van der Waals surface area contributed by atoms with E-state index in [1.165, 1.54) is 27.0 Å². The maximum atomic E-state index is 11.3. The smallest absolute Gasteiger partial charge is 0.329 e. The second-order valence-corrected chi connectivity index (χ2v) is 4.50. The number of carbonyl (C=O) groups excluding carboxylic acids is 1. The minimum Gasteiger partial charge on any atom is -0.504 e. The van der Waals surface area contributed by atoms with Gasteiger partial charge in [-0.1, -0.05) is 6.07 Å². The fraction of sp³-hybridized carbons (Fsp3) is 0.385. The Kier molecular flexibility index (Phi) is 4.37. The van der Waals surface area contributed by atoms with E-state index < -0.39 is 17.4 Å². The third-order valence-corrected chi connectivity index (χ3v) is 2.73. The van der Waals surface area contributed by atoms with Crippen LogP contribution in [0.4, 0.5) is 0 Å². The highest BCUT2D eigenvalue weighted by Gasteiger charge is 2.34. The molecule has 3 N–H and O–H groups in total. The lowest BCUT2D eigenvalue weighted by molar-refractivity contribution is -0.146.